The predicted octanol–water partition coefficient (Wildman–Crippen LogP) is -8.03. The minimum absolute atomic E-state index is 0.0432. The van der Waals surface area contributed by atoms with Gasteiger partial charge in [0.25, 0.3) is 17.4 Å². The van der Waals surface area contributed by atoms with E-state index in [1.54, 1.807) is 0 Å². The summed E-state index contributed by atoms with van der Waals surface area (Å²) in [5.41, 5.74) is 0. The Labute approximate surface area is 851 Å². The normalized spacial score (nSPS) is 35.9. The van der Waals surface area contributed by atoms with Crippen molar-refractivity contribution in [1.82, 2.24) is 26.6 Å². The summed E-state index contributed by atoms with van der Waals surface area (Å²) in [5.74, 6) is -22.0. The Hall–Kier alpha value is -5.72. The molecule has 53 nitrogen and oxygen atoms in total. The zero-order chi connectivity index (χ0) is 109. The number of carbonyl (C=O) groups excluding carboxylic acids is 5. The zero-order valence-electron chi connectivity index (χ0n) is 84.3. The van der Waals surface area contributed by atoms with Crippen LogP contribution in [0.5, 0.6) is 0 Å². The molecule has 1 unspecified atom stereocenters. The van der Waals surface area contributed by atoms with E-state index < -0.39 is 369 Å². The first kappa shape index (κ1) is 128. The Kier molecular flexibility index (Phi) is 54.2. The molecule has 0 aromatic rings. The average molecular weight is 2130 g/mol. The maximum Gasteiger partial charge on any atom is 0.364 e. The Morgan fingerprint density at radius 2 is 0.728 bits per heavy atom. The first-order chi connectivity index (χ1) is 69.7. The molecule has 5 amide bonds. The molecule has 0 radical (unpaired) electrons. The fraction of sp³-hybridized carbons (Fsp3) is 0.915. The van der Waals surface area contributed by atoms with Crippen molar-refractivity contribution in [2.75, 3.05) is 52.9 Å². The third-order valence-corrected chi connectivity index (χ3v) is 28.1. The Bertz CT molecular complexity index is 3910. The molecule has 7 saturated heterocycles. The number of rotatable bonds is 65. The monoisotopic (exact) mass is 2130 g/mol. The fourth-order valence-electron chi connectivity index (χ4n) is 19.6. The van der Waals surface area contributed by atoms with Crippen LogP contribution in [0.15, 0.2) is 0 Å². The predicted molar refractivity (Wildman–Crippen MR) is 498 cm³/mol. The van der Waals surface area contributed by atoms with E-state index in [4.69, 9.17) is 66.3 Å². The second-order valence-corrected chi connectivity index (χ2v) is 39.6. The van der Waals surface area contributed by atoms with Crippen LogP contribution in [0.25, 0.3) is 0 Å². The average Bonchev–Trinajstić information content (AvgIpc) is 0.743. The molecule has 0 aromatic carbocycles. The van der Waals surface area contributed by atoms with Crippen molar-refractivity contribution in [3.05, 3.63) is 0 Å². The number of carbonyl (C=O) groups is 8. The molecule has 0 aromatic heterocycles. The summed E-state index contributed by atoms with van der Waals surface area (Å²) < 4.78 is 83.6. The fourth-order valence-corrected chi connectivity index (χ4v) is 19.6. The number of ether oxygens (including phenoxy) is 14. The number of hydrogen-bond donors (Lipinski definition) is 31. The van der Waals surface area contributed by atoms with Gasteiger partial charge in [-0.05, 0) is 18.8 Å². The lowest BCUT2D eigenvalue weighted by Crippen LogP contribution is -2.73. The number of aliphatic hydroxyl groups is 23. The second kappa shape index (κ2) is 62.1. The van der Waals surface area contributed by atoms with Gasteiger partial charge in [0, 0.05) is 53.4 Å². The highest BCUT2D eigenvalue weighted by Crippen LogP contribution is 2.46. The summed E-state index contributed by atoms with van der Waals surface area (Å²) in [4.78, 5) is 108. The van der Waals surface area contributed by atoms with Crippen LogP contribution in [0.4, 0.5) is 0 Å². The molecule has 0 aliphatic carbocycles. The van der Waals surface area contributed by atoms with Crippen molar-refractivity contribution in [1.29, 1.82) is 0 Å². The van der Waals surface area contributed by atoms with Crippen molar-refractivity contribution in [2.24, 2.45) is 5.92 Å². The molecule has 31 N–H and O–H groups in total. The lowest BCUT2D eigenvalue weighted by atomic mass is 9.87. The summed E-state index contributed by atoms with van der Waals surface area (Å²) in [6, 6.07) is -9.64. The van der Waals surface area contributed by atoms with Gasteiger partial charge in [-0.25, -0.2) is 14.4 Å². The first-order valence-corrected chi connectivity index (χ1v) is 51.2. The molecule has 147 heavy (non-hydrogen) atoms. The van der Waals surface area contributed by atoms with Crippen LogP contribution in [0, 0.1) is 5.92 Å². The number of nitrogens with one attached hydrogen (secondary N) is 5. The van der Waals surface area contributed by atoms with E-state index in [-0.39, 0.29) is 12.8 Å². The summed E-state index contributed by atoms with van der Waals surface area (Å²) in [6.45, 7) is -0.127. The molecule has 7 fully saturated rings. The van der Waals surface area contributed by atoms with Gasteiger partial charge in [0.2, 0.25) is 29.5 Å². The van der Waals surface area contributed by atoms with E-state index >= 15 is 0 Å². The van der Waals surface area contributed by atoms with Crippen LogP contribution >= 0.6 is 0 Å². The number of hydrogen-bond acceptors (Lipinski definition) is 45. The van der Waals surface area contributed by atoms with Gasteiger partial charge in [0.1, 0.15) is 159 Å². The smallest absolute Gasteiger partial charge is 0.364 e. The van der Waals surface area contributed by atoms with Crippen LogP contribution in [0.3, 0.4) is 0 Å². The van der Waals surface area contributed by atoms with Gasteiger partial charge in [0.15, 0.2) is 25.2 Å². The number of carboxylic acid groups (broad SMARTS) is 3. The van der Waals surface area contributed by atoms with Crippen LogP contribution in [-0.2, 0) is 105 Å². The van der Waals surface area contributed by atoms with Gasteiger partial charge < -0.3 is 226 Å². The first-order valence-electron chi connectivity index (χ1n) is 51.2. The van der Waals surface area contributed by atoms with E-state index in [2.05, 4.69) is 47.4 Å². The molecule has 0 bridgehead atoms. The molecule has 7 aliphatic rings. The van der Waals surface area contributed by atoms with Gasteiger partial charge in [-0.15, -0.1) is 0 Å². The lowest BCUT2D eigenvalue weighted by Gasteiger charge is -2.53. The highest BCUT2D eigenvalue weighted by molar-refractivity contribution is 5.79. The van der Waals surface area contributed by atoms with E-state index in [1.807, 2.05) is 0 Å². The van der Waals surface area contributed by atoms with Crippen LogP contribution in [-0.4, -0.2) is 483 Å². The SMILES string of the molecule is CCCCCCCCCCCCCCCCCC(=O)N[C@@H](CO[C@@H]1O[C@H](CO)[C@@H](O[C@@H]2O[C@H](CO)[C@H](O)[C@H](O[C@@H]3O[C@H](CO)[C@H](O)[C@H](O[C@]4(C(=O)O)C[C@H](O)[C@@H](NC(C)=O)[C@H]([C@H](O)[C@@H](CO)O[C@@H]5O[C@H](CO)[C@H](O[C@]6(C(=O)O)C[C@H](O)[C@@H](NC(C)=O)[C@H]([C@H](O)[C@H](O)CO)O6)[C@H](O[C@]6(C(=O)O)C[C@H](O)[C@@H](NC(C)=O)[C@H]([C@H](O)[C@H](O)CO)O6)[C@H]5O)O4)[C@H]3NC(C)=O)[C@H]2O)[C@H](O)[C@H]1O)[C@H](O)[C@H](O)CCCCCCCCCC(C)CC. The van der Waals surface area contributed by atoms with E-state index in [0.29, 0.717) is 18.8 Å². The Morgan fingerprint density at radius 1 is 0.367 bits per heavy atom. The molecule has 7 heterocycles. The largest absolute Gasteiger partial charge is 0.477 e. The van der Waals surface area contributed by atoms with Crippen LogP contribution < -0.4 is 26.6 Å². The van der Waals surface area contributed by atoms with Gasteiger partial charge >= 0.3 is 17.9 Å². The van der Waals surface area contributed by atoms with E-state index in [0.717, 1.165) is 118 Å². The maximum absolute atomic E-state index is 14.3. The molecule has 53 heteroatoms. The van der Waals surface area contributed by atoms with Crippen molar-refractivity contribution in [2.45, 2.75) is 484 Å². The lowest BCUT2D eigenvalue weighted by molar-refractivity contribution is -0.404. The number of carboxylic acids is 3. The molecular formula is C94H165N5O48. The summed E-state index contributed by atoms with van der Waals surface area (Å²) in [6.07, 6.45) is -56.3. The molecule has 854 valence electrons. The standard InChI is InChI=1S/C94H165N5O48/c1-8-10-11-12-13-14-15-16-17-18-19-20-24-27-30-33-62(117)99-50(67(118)51(111)32-29-26-23-21-22-25-28-31-45(3)9-2)44-134-86-74(125)73(124)77(60(42-105)138-86)140-88-75(126)83(72(123)59(41-104)137-88)141-85-66(98-49(7)110)82(71(122)57(39-102)135-85)146-93(90(130)131)35-54(114)65(97-48(6)109)81(145-93)70(121)58(40-103)136-87-76(127)84(147-94(91(132)133)36-53(113)64(96-47(5)108)80(144-94)69(120)56(116)38-101)78(61(43-106)139-87)142-92(89(128)129)34-52(112)63(95-46(4)107)79(143-92)68(119)55(115)37-100/h45,50-61,63-88,100-106,111-116,118-127H,8-44H2,1-7H3,(H,95,107)(H,96,108)(H,97,109)(H,98,110)(H,99,117)(H,128,129)(H,130,131)(H,132,133)/t45?,50-,51+,52-,53-,54-,55+,56+,57+,58+,59+,60+,61+,63+,64+,65+,66+,67-,68+,69+,70+,71-,72-,73+,74+,75+,76+,77+,78-,79+,80+,81+,82+,83-,84+,85-,86+,87+,88-,92+,93-,94-/m0/s1. The van der Waals surface area contributed by atoms with Gasteiger partial charge in [-0.1, -0.05) is 168 Å². The number of aliphatic carboxylic acids is 3. The number of aliphatic hydroxyl groups excluding tert-OH is 23. The molecule has 42 atom stereocenters. The second-order valence-electron chi connectivity index (χ2n) is 39.6. The van der Waals surface area contributed by atoms with Gasteiger partial charge in [-0.3, -0.25) is 24.0 Å². The third-order valence-electron chi connectivity index (χ3n) is 28.1. The maximum atomic E-state index is 14.3. The number of amides is 5. The minimum Gasteiger partial charge on any atom is -0.477 e. The molecule has 0 saturated carbocycles. The van der Waals surface area contributed by atoms with Crippen molar-refractivity contribution in [3.63, 3.8) is 0 Å². The Balaban J connectivity index is 1.15. The number of unbranched alkanes of at least 4 members (excludes halogenated alkanes) is 20. The van der Waals surface area contributed by atoms with Gasteiger partial charge in [0.05, 0.1) is 101 Å². The Morgan fingerprint density at radius 3 is 1.14 bits per heavy atom. The van der Waals surface area contributed by atoms with Gasteiger partial charge in [-0.2, -0.15) is 0 Å². The van der Waals surface area contributed by atoms with Crippen LogP contribution in [0.1, 0.15) is 235 Å². The third kappa shape index (κ3) is 35.4. The molecule has 7 aliphatic heterocycles. The highest BCUT2D eigenvalue weighted by atomic mass is 16.8. The summed E-state index contributed by atoms with van der Waals surface area (Å²) in [7, 11) is 0. The van der Waals surface area contributed by atoms with E-state index in [1.165, 1.54) is 51.4 Å². The minimum atomic E-state index is -3.68. The topological polar surface area (TPSA) is 852 Å². The van der Waals surface area contributed by atoms with Crippen molar-refractivity contribution < 1.29 is 237 Å². The summed E-state index contributed by atoms with van der Waals surface area (Å²) in [5, 5.41) is 309. The molecule has 0 spiro atoms. The highest BCUT2D eigenvalue weighted by Gasteiger charge is 2.67. The molecule has 7 rings (SSSR count). The summed E-state index contributed by atoms with van der Waals surface area (Å²) >= 11 is 0. The van der Waals surface area contributed by atoms with Crippen molar-refractivity contribution >= 4 is 47.4 Å². The molecular weight excluding hydrogens is 1970 g/mol. The van der Waals surface area contributed by atoms with E-state index in [9.17, 15) is 171 Å². The van der Waals surface area contributed by atoms with Crippen LogP contribution in [0.2, 0.25) is 0 Å². The quantitative estimate of drug-likeness (QED) is 0.0252. The zero-order valence-corrected chi connectivity index (χ0v) is 84.3. The van der Waals surface area contributed by atoms with Crippen molar-refractivity contribution in [3.8, 4) is 0 Å².